The van der Waals surface area contributed by atoms with Crippen LogP contribution < -0.4 is 14.8 Å². The molecule has 2 heterocycles. The Morgan fingerprint density at radius 3 is 2.62 bits per heavy atom. The highest BCUT2D eigenvalue weighted by atomic mass is 32.2. The van der Waals surface area contributed by atoms with Crippen LogP contribution in [0.5, 0.6) is 11.5 Å². The van der Waals surface area contributed by atoms with Gasteiger partial charge in [-0.1, -0.05) is 23.0 Å². The second-order valence-corrected chi connectivity index (χ2v) is 8.19. The van der Waals surface area contributed by atoms with Gasteiger partial charge in [0.25, 0.3) is 5.89 Å². The summed E-state index contributed by atoms with van der Waals surface area (Å²) < 4.78 is 17.8. The molecule has 0 saturated carbocycles. The predicted molar refractivity (Wildman–Crippen MR) is 128 cm³/mol. The minimum absolute atomic E-state index is 0.149. The van der Waals surface area contributed by atoms with Crippen molar-refractivity contribution in [2.45, 2.75) is 25.5 Å². The maximum atomic E-state index is 12.6. The fourth-order valence-electron chi connectivity index (χ4n) is 3.25. The molecule has 0 bridgehead atoms. The van der Waals surface area contributed by atoms with Gasteiger partial charge >= 0.3 is 0 Å². The first kappa shape index (κ1) is 23.3. The smallest absolute Gasteiger partial charge is 0.296 e. The molecule has 34 heavy (non-hydrogen) atoms. The lowest BCUT2D eigenvalue weighted by Crippen LogP contribution is -2.15. The van der Waals surface area contributed by atoms with Crippen LogP contribution in [-0.4, -0.2) is 50.8 Å². The van der Waals surface area contributed by atoms with Gasteiger partial charge in [0.1, 0.15) is 11.5 Å². The number of benzene rings is 2. The molecule has 10 nitrogen and oxygen atoms in total. The van der Waals surface area contributed by atoms with Crippen LogP contribution in [0.1, 0.15) is 12.5 Å². The summed E-state index contributed by atoms with van der Waals surface area (Å²) in [5.74, 6) is 2.44. The van der Waals surface area contributed by atoms with Gasteiger partial charge in [0, 0.05) is 12.1 Å². The minimum Gasteiger partial charge on any atom is -0.497 e. The molecule has 1 N–H and O–H groups in total. The highest BCUT2D eigenvalue weighted by Gasteiger charge is 2.20. The third kappa shape index (κ3) is 5.04. The number of hydrogen-bond acceptors (Lipinski definition) is 9. The molecule has 0 atom stereocenters. The lowest BCUT2D eigenvalue weighted by atomic mass is 10.2. The summed E-state index contributed by atoms with van der Waals surface area (Å²) in [6, 6.07) is 13.0. The summed E-state index contributed by atoms with van der Waals surface area (Å²) in [7, 11) is 3.18. The van der Waals surface area contributed by atoms with Crippen molar-refractivity contribution in [2.24, 2.45) is 0 Å². The van der Waals surface area contributed by atoms with Gasteiger partial charge in [0.05, 0.1) is 25.7 Å². The molecule has 1 amide bonds. The topological polar surface area (TPSA) is 117 Å². The molecular formula is C23H24N6O4S. The van der Waals surface area contributed by atoms with Crippen molar-refractivity contribution in [3.63, 3.8) is 0 Å². The standard InChI is InChI=1S/C23H24N6O4S/c1-5-29-21(22-25-20(28-33-22)15-7-9-16(31-3)10-8-15)26-27-23(29)34-13-19(30)24-17-12-14(2)6-11-18(17)32-4/h6-12H,5,13H2,1-4H3,(H,24,30). The Labute approximate surface area is 200 Å². The molecule has 2 aromatic heterocycles. The van der Waals surface area contributed by atoms with Gasteiger partial charge in [-0.25, -0.2) is 0 Å². The summed E-state index contributed by atoms with van der Waals surface area (Å²) >= 11 is 1.27. The van der Waals surface area contributed by atoms with E-state index in [1.165, 1.54) is 11.8 Å². The third-order valence-electron chi connectivity index (χ3n) is 4.96. The van der Waals surface area contributed by atoms with E-state index in [-0.39, 0.29) is 17.6 Å². The number of aromatic nitrogens is 5. The van der Waals surface area contributed by atoms with Crippen molar-refractivity contribution in [2.75, 3.05) is 25.3 Å². The molecular weight excluding hydrogens is 456 g/mol. The maximum absolute atomic E-state index is 12.6. The molecule has 0 aliphatic rings. The Bertz CT molecular complexity index is 1290. The highest BCUT2D eigenvalue weighted by molar-refractivity contribution is 7.99. The molecule has 0 saturated heterocycles. The molecule has 0 aliphatic heterocycles. The molecule has 11 heteroatoms. The molecule has 176 valence electrons. The zero-order chi connectivity index (χ0) is 24.1. The fraction of sp³-hybridized carbons (Fsp3) is 0.261. The first-order chi connectivity index (χ1) is 16.5. The zero-order valence-corrected chi connectivity index (χ0v) is 20.0. The van der Waals surface area contributed by atoms with Crippen molar-refractivity contribution in [3.8, 4) is 34.6 Å². The van der Waals surface area contributed by atoms with Gasteiger partial charge < -0.3 is 19.3 Å². The van der Waals surface area contributed by atoms with Gasteiger partial charge in [-0.2, -0.15) is 4.98 Å². The number of carbonyl (C=O) groups excluding carboxylic acids is 1. The third-order valence-corrected chi connectivity index (χ3v) is 5.93. The van der Waals surface area contributed by atoms with E-state index >= 15 is 0 Å². The summed E-state index contributed by atoms with van der Waals surface area (Å²) in [6.45, 7) is 4.47. The van der Waals surface area contributed by atoms with Crippen LogP contribution in [0.15, 0.2) is 52.1 Å². The number of aryl methyl sites for hydroxylation is 1. The second-order valence-electron chi connectivity index (χ2n) is 7.24. The second kappa shape index (κ2) is 10.4. The van der Waals surface area contributed by atoms with Gasteiger partial charge in [0.15, 0.2) is 5.16 Å². The summed E-state index contributed by atoms with van der Waals surface area (Å²) in [4.78, 5) is 17.0. The molecule has 0 unspecified atom stereocenters. The van der Waals surface area contributed by atoms with Crippen LogP contribution in [0.2, 0.25) is 0 Å². The van der Waals surface area contributed by atoms with Gasteiger partial charge in [0.2, 0.25) is 17.6 Å². The van der Waals surface area contributed by atoms with Crippen molar-refractivity contribution in [3.05, 3.63) is 48.0 Å². The summed E-state index contributed by atoms with van der Waals surface area (Å²) in [6.07, 6.45) is 0. The highest BCUT2D eigenvalue weighted by Crippen LogP contribution is 2.28. The van der Waals surface area contributed by atoms with E-state index in [0.29, 0.717) is 34.8 Å². The number of thioether (sulfide) groups is 1. The van der Waals surface area contributed by atoms with Crippen LogP contribution in [0, 0.1) is 6.92 Å². The molecule has 4 aromatic rings. The van der Waals surface area contributed by atoms with Crippen molar-refractivity contribution in [1.82, 2.24) is 24.9 Å². The average molecular weight is 481 g/mol. The SMILES string of the molecule is CCn1c(SCC(=O)Nc2cc(C)ccc2OC)nnc1-c1nc(-c2ccc(OC)cc2)no1. The van der Waals surface area contributed by atoms with E-state index in [2.05, 4.69) is 25.7 Å². The lowest BCUT2D eigenvalue weighted by molar-refractivity contribution is -0.113. The van der Waals surface area contributed by atoms with Gasteiger partial charge in [-0.3, -0.25) is 9.36 Å². The van der Waals surface area contributed by atoms with Crippen molar-refractivity contribution >= 4 is 23.4 Å². The van der Waals surface area contributed by atoms with E-state index < -0.39 is 0 Å². The zero-order valence-electron chi connectivity index (χ0n) is 19.2. The molecule has 0 radical (unpaired) electrons. The first-order valence-corrected chi connectivity index (χ1v) is 11.5. The number of nitrogens with zero attached hydrogens (tertiary/aromatic N) is 5. The summed E-state index contributed by atoms with van der Waals surface area (Å²) in [5.41, 5.74) is 2.44. The number of carbonyl (C=O) groups is 1. The van der Waals surface area contributed by atoms with Crippen LogP contribution >= 0.6 is 11.8 Å². The number of ether oxygens (including phenoxy) is 2. The van der Waals surface area contributed by atoms with Gasteiger partial charge in [-0.05, 0) is 55.8 Å². The number of anilines is 1. The fourth-order valence-corrected chi connectivity index (χ4v) is 4.05. The van der Waals surface area contributed by atoms with E-state index in [0.717, 1.165) is 16.9 Å². The molecule has 0 aliphatic carbocycles. The number of hydrogen-bond donors (Lipinski definition) is 1. The maximum Gasteiger partial charge on any atom is 0.296 e. The van der Waals surface area contributed by atoms with E-state index in [1.54, 1.807) is 14.2 Å². The Morgan fingerprint density at radius 2 is 1.91 bits per heavy atom. The number of rotatable bonds is 9. The van der Waals surface area contributed by atoms with E-state index in [1.807, 2.05) is 60.9 Å². The minimum atomic E-state index is -0.180. The molecule has 0 fully saturated rings. The molecule has 0 spiro atoms. The number of methoxy groups -OCH3 is 2. The van der Waals surface area contributed by atoms with Crippen LogP contribution in [0.3, 0.4) is 0 Å². The first-order valence-electron chi connectivity index (χ1n) is 10.5. The molecule has 2 aromatic carbocycles. The average Bonchev–Trinajstić information content (AvgIpc) is 3.50. The van der Waals surface area contributed by atoms with Crippen molar-refractivity contribution in [1.29, 1.82) is 0 Å². The quantitative estimate of drug-likeness (QED) is 0.354. The van der Waals surface area contributed by atoms with Crippen molar-refractivity contribution < 1.29 is 18.8 Å². The summed E-state index contributed by atoms with van der Waals surface area (Å²) in [5, 5.41) is 16.0. The number of amides is 1. The van der Waals surface area contributed by atoms with E-state index in [4.69, 9.17) is 14.0 Å². The van der Waals surface area contributed by atoms with Crippen LogP contribution in [-0.2, 0) is 11.3 Å². The predicted octanol–water partition coefficient (Wildman–Crippen LogP) is 4.07. The molecule has 4 rings (SSSR count). The Kier molecular flexibility index (Phi) is 7.12. The van der Waals surface area contributed by atoms with Gasteiger partial charge in [-0.15, -0.1) is 10.2 Å². The lowest BCUT2D eigenvalue weighted by Gasteiger charge is -2.11. The Balaban J connectivity index is 1.46. The largest absolute Gasteiger partial charge is 0.497 e. The van der Waals surface area contributed by atoms with E-state index in [9.17, 15) is 4.79 Å². The Morgan fingerprint density at radius 1 is 1.12 bits per heavy atom. The van der Waals surface area contributed by atoms with Crippen LogP contribution in [0.25, 0.3) is 23.1 Å². The number of nitrogens with one attached hydrogen (secondary N) is 1. The normalized spacial score (nSPS) is 10.8. The monoisotopic (exact) mass is 480 g/mol. The van der Waals surface area contributed by atoms with Crippen LogP contribution in [0.4, 0.5) is 5.69 Å². The Hall–Kier alpha value is -3.86.